The Morgan fingerprint density at radius 2 is 2.21 bits per heavy atom. The summed E-state index contributed by atoms with van der Waals surface area (Å²) in [4.78, 5) is 11.6. The van der Waals surface area contributed by atoms with Gasteiger partial charge in [-0.2, -0.15) is 0 Å². The topological polar surface area (TPSA) is 54.7 Å². The first kappa shape index (κ1) is 20.4. The number of nitrogens with one attached hydrogen (secondary N) is 1. The molecule has 0 aliphatic carbocycles. The molecule has 1 N–H and O–H groups in total. The van der Waals surface area contributed by atoms with E-state index in [4.69, 9.17) is 9.73 Å². The first-order valence-electron chi connectivity index (χ1n) is 10.4. The van der Waals surface area contributed by atoms with Crippen LogP contribution in [0.1, 0.15) is 31.2 Å². The molecule has 6 nitrogen and oxygen atoms in total. The average Bonchev–Trinajstić information content (AvgIpc) is 3.38. The van der Waals surface area contributed by atoms with E-state index in [0.29, 0.717) is 12.5 Å². The second-order valence-corrected chi connectivity index (χ2v) is 7.41. The summed E-state index contributed by atoms with van der Waals surface area (Å²) >= 11 is 0. The van der Waals surface area contributed by atoms with Gasteiger partial charge in [-0.15, -0.1) is 0 Å². The smallest absolute Gasteiger partial charge is 0.194 e. The minimum atomic E-state index is 0.589. The maximum Gasteiger partial charge on any atom is 0.194 e. The molecule has 0 saturated carbocycles. The molecule has 0 bridgehead atoms. The van der Waals surface area contributed by atoms with Crippen LogP contribution in [0, 0.1) is 5.92 Å². The Morgan fingerprint density at radius 1 is 1.36 bits per heavy atom. The standard InChI is InChI=1S/C22H33N5O/c1-3-23-22(26(2)17-20-11-15-28-18-20)25-16-21-24-12-14-27(21)13-7-10-19-8-5-4-6-9-19/h4-6,8-9,12,14,20H,3,7,10-11,13,15-18H2,1-2H3,(H,23,25). The first-order chi connectivity index (χ1) is 13.8. The van der Waals surface area contributed by atoms with E-state index in [9.17, 15) is 0 Å². The van der Waals surface area contributed by atoms with Crippen molar-refractivity contribution in [3.63, 3.8) is 0 Å². The van der Waals surface area contributed by atoms with Gasteiger partial charge in [-0.05, 0) is 31.7 Å². The first-order valence-corrected chi connectivity index (χ1v) is 10.4. The van der Waals surface area contributed by atoms with Crippen molar-refractivity contribution in [1.29, 1.82) is 0 Å². The van der Waals surface area contributed by atoms with E-state index in [1.165, 1.54) is 5.56 Å². The summed E-state index contributed by atoms with van der Waals surface area (Å²) in [7, 11) is 2.10. The number of nitrogens with zero attached hydrogens (tertiary/aromatic N) is 4. The van der Waals surface area contributed by atoms with Crippen LogP contribution < -0.4 is 5.32 Å². The van der Waals surface area contributed by atoms with Crippen molar-refractivity contribution in [1.82, 2.24) is 19.8 Å². The number of ether oxygens (including phenoxy) is 1. The number of imidazole rings is 1. The van der Waals surface area contributed by atoms with Crippen LogP contribution in [0.5, 0.6) is 0 Å². The molecule has 1 aliphatic rings. The van der Waals surface area contributed by atoms with Crippen molar-refractivity contribution >= 4 is 5.96 Å². The lowest BCUT2D eigenvalue weighted by Crippen LogP contribution is -2.41. The normalized spacial score (nSPS) is 17.1. The van der Waals surface area contributed by atoms with Crippen LogP contribution in [-0.2, 0) is 24.2 Å². The predicted molar refractivity (Wildman–Crippen MR) is 113 cm³/mol. The lowest BCUT2D eigenvalue weighted by molar-refractivity contribution is 0.181. The maximum atomic E-state index is 5.50. The molecule has 1 unspecified atom stereocenters. The Balaban J connectivity index is 1.54. The molecule has 1 saturated heterocycles. The largest absolute Gasteiger partial charge is 0.381 e. The third kappa shape index (κ3) is 6.09. The Morgan fingerprint density at radius 3 is 2.96 bits per heavy atom. The molecule has 0 spiro atoms. The second-order valence-electron chi connectivity index (χ2n) is 7.41. The van der Waals surface area contributed by atoms with Crippen molar-refractivity contribution in [3.8, 4) is 0 Å². The van der Waals surface area contributed by atoms with Crippen LogP contribution in [0.15, 0.2) is 47.7 Å². The van der Waals surface area contributed by atoms with Crippen molar-refractivity contribution < 1.29 is 4.74 Å². The van der Waals surface area contributed by atoms with E-state index in [-0.39, 0.29) is 0 Å². The molecule has 2 heterocycles. The summed E-state index contributed by atoms with van der Waals surface area (Å²) < 4.78 is 7.72. The summed E-state index contributed by atoms with van der Waals surface area (Å²) in [6, 6.07) is 10.6. The molecule has 1 aromatic carbocycles. The molecule has 1 aliphatic heterocycles. The van der Waals surface area contributed by atoms with E-state index in [1.54, 1.807) is 0 Å². The number of benzene rings is 1. The van der Waals surface area contributed by atoms with Gasteiger partial charge in [0.25, 0.3) is 0 Å². The molecule has 1 atom stereocenters. The van der Waals surface area contributed by atoms with Gasteiger partial charge in [0.15, 0.2) is 5.96 Å². The third-order valence-corrected chi connectivity index (χ3v) is 5.13. The molecule has 3 rings (SSSR count). The van der Waals surface area contributed by atoms with Crippen LogP contribution in [0.2, 0.25) is 0 Å². The van der Waals surface area contributed by atoms with Gasteiger partial charge in [0.2, 0.25) is 0 Å². The number of hydrogen-bond donors (Lipinski definition) is 1. The zero-order chi connectivity index (χ0) is 19.6. The highest BCUT2D eigenvalue weighted by Crippen LogP contribution is 2.13. The molecule has 6 heteroatoms. The summed E-state index contributed by atoms with van der Waals surface area (Å²) in [5, 5.41) is 3.40. The zero-order valence-corrected chi connectivity index (χ0v) is 17.2. The fourth-order valence-electron chi connectivity index (χ4n) is 3.61. The Kier molecular flexibility index (Phi) is 7.91. The summed E-state index contributed by atoms with van der Waals surface area (Å²) in [5.41, 5.74) is 1.38. The van der Waals surface area contributed by atoms with E-state index in [0.717, 1.165) is 63.9 Å². The zero-order valence-electron chi connectivity index (χ0n) is 17.2. The average molecular weight is 384 g/mol. The molecule has 1 fully saturated rings. The lowest BCUT2D eigenvalue weighted by atomic mass is 10.1. The van der Waals surface area contributed by atoms with E-state index < -0.39 is 0 Å². The Hall–Kier alpha value is -2.34. The van der Waals surface area contributed by atoms with Crippen LogP contribution in [0.25, 0.3) is 0 Å². The predicted octanol–water partition coefficient (Wildman–Crippen LogP) is 2.95. The Labute approximate surface area is 168 Å². The number of aryl methyl sites for hydroxylation is 2. The monoisotopic (exact) mass is 383 g/mol. The number of hydrogen-bond acceptors (Lipinski definition) is 3. The van der Waals surface area contributed by atoms with Gasteiger partial charge >= 0.3 is 0 Å². The van der Waals surface area contributed by atoms with Gasteiger partial charge < -0.3 is 19.5 Å². The highest BCUT2D eigenvalue weighted by Gasteiger charge is 2.19. The van der Waals surface area contributed by atoms with Crippen LogP contribution >= 0.6 is 0 Å². The molecular weight excluding hydrogens is 350 g/mol. The molecule has 28 heavy (non-hydrogen) atoms. The molecule has 152 valence electrons. The second kappa shape index (κ2) is 10.9. The van der Waals surface area contributed by atoms with Gasteiger partial charge in [0.05, 0.1) is 6.61 Å². The number of rotatable bonds is 9. The number of guanidine groups is 1. The van der Waals surface area contributed by atoms with Crippen molar-refractivity contribution in [3.05, 3.63) is 54.1 Å². The Bertz CT molecular complexity index is 722. The summed E-state index contributed by atoms with van der Waals surface area (Å²) in [5.74, 6) is 2.54. The van der Waals surface area contributed by atoms with E-state index in [1.807, 2.05) is 6.20 Å². The molecule has 0 radical (unpaired) electrons. The molecule has 1 aromatic heterocycles. The van der Waals surface area contributed by atoms with Crippen molar-refractivity contribution in [2.75, 3.05) is 33.4 Å². The van der Waals surface area contributed by atoms with Crippen molar-refractivity contribution in [2.45, 2.75) is 39.3 Å². The minimum Gasteiger partial charge on any atom is -0.381 e. The minimum absolute atomic E-state index is 0.589. The maximum absolute atomic E-state index is 5.50. The van der Waals surface area contributed by atoms with Gasteiger partial charge in [0.1, 0.15) is 12.4 Å². The van der Waals surface area contributed by atoms with Crippen molar-refractivity contribution in [2.24, 2.45) is 10.9 Å². The van der Waals surface area contributed by atoms with E-state index in [2.05, 4.69) is 70.3 Å². The van der Waals surface area contributed by atoms with Gasteiger partial charge in [0, 0.05) is 51.6 Å². The fourth-order valence-corrected chi connectivity index (χ4v) is 3.61. The van der Waals surface area contributed by atoms with Crippen LogP contribution in [-0.4, -0.2) is 53.8 Å². The van der Waals surface area contributed by atoms with E-state index >= 15 is 0 Å². The van der Waals surface area contributed by atoms with Crippen LogP contribution in [0.3, 0.4) is 0 Å². The third-order valence-electron chi connectivity index (χ3n) is 5.13. The van der Waals surface area contributed by atoms with Gasteiger partial charge in [-0.1, -0.05) is 30.3 Å². The van der Waals surface area contributed by atoms with Crippen LogP contribution in [0.4, 0.5) is 0 Å². The quantitative estimate of drug-likeness (QED) is 0.534. The summed E-state index contributed by atoms with van der Waals surface area (Å²) in [6.45, 7) is 7.22. The lowest BCUT2D eigenvalue weighted by Gasteiger charge is -2.24. The highest BCUT2D eigenvalue weighted by molar-refractivity contribution is 5.79. The SMILES string of the molecule is CCNC(=NCc1nccn1CCCc1ccccc1)N(C)CC1CCOC1. The molecule has 2 aromatic rings. The summed E-state index contributed by atoms with van der Waals surface area (Å²) in [6.07, 6.45) is 7.24. The molecular formula is C22H33N5O. The fraction of sp³-hybridized carbons (Fsp3) is 0.545. The molecule has 0 amide bonds. The van der Waals surface area contributed by atoms with Gasteiger partial charge in [-0.25, -0.2) is 9.98 Å². The van der Waals surface area contributed by atoms with Gasteiger partial charge in [-0.3, -0.25) is 0 Å². The number of aliphatic imine (C=N–C) groups is 1. The number of aromatic nitrogens is 2. The highest BCUT2D eigenvalue weighted by atomic mass is 16.5.